The summed E-state index contributed by atoms with van der Waals surface area (Å²) in [6.45, 7) is 4.87. The van der Waals surface area contributed by atoms with Crippen molar-refractivity contribution in [3.05, 3.63) is 29.8 Å². The first kappa shape index (κ1) is 16.7. The van der Waals surface area contributed by atoms with E-state index in [1.54, 1.807) is 12.1 Å². The Kier molecular flexibility index (Phi) is 6.16. The number of carbonyl (C=O) groups excluding carboxylic acids is 1. The van der Waals surface area contributed by atoms with Crippen molar-refractivity contribution in [2.75, 3.05) is 6.54 Å². The number of nitrogens with two attached hydrogens (primary N) is 1. The first-order chi connectivity index (χ1) is 9.32. The summed E-state index contributed by atoms with van der Waals surface area (Å²) in [4.78, 5) is 11.7. The van der Waals surface area contributed by atoms with Crippen LogP contribution >= 0.6 is 0 Å². The largest absolute Gasteiger partial charge is 0.356 e. The van der Waals surface area contributed by atoms with Crippen LogP contribution in [0.4, 0.5) is 0 Å². The lowest BCUT2D eigenvalue weighted by molar-refractivity contribution is -0.121. The molecule has 0 aliphatic carbocycles. The van der Waals surface area contributed by atoms with Crippen LogP contribution in [-0.4, -0.2) is 20.9 Å². The number of hydrogen-bond donors (Lipinski definition) is 2. The van der Waals surface area contributed by atoms with Crippen LogP contribution in [0.2, 0.25) is 0 Å². The molecule has 0 aliphatic rings. The second-order valence-electron chi connectivity index (χ2n) is 5.01. The summed E-state index contributed by atoms with van der Waals surface area (Å²) in [7, 11) is -3.65. The Morgan fingerprint density at radius 2 is 1.90 bits per heavy atom. The van der Waals surface area contributed by atoms with Gasteiger partial charge in [0.05, 0.1) is 4.90 Å². The van der Waals surface area contributed by atoms with Gasteiger partial charge in [0.15, 0.2) is 0 Å². The molecule has 1 amide bonds. The molecule has 1 unspecified atom stereocenters. The summed E-state index contributed by atoms with van der Waals surface area (Å²) in [5, 5.41) is 7.90. The molecule has 0 radical (unpaired) electrons. The van der Waals surface area contributed by atoms with E-state index < -0.39 is 10.0 Å². The number of hydrogen-bond acceptors (Lipinski definition) is 3. The summed E-state index contributed by atoms with van der Waals surface area (Å²) in [6.07, 6.45) is 2.01. The van der Waals surface area contributed by atoms with E-state index >= 15 is 0 Å². The highest BCUT2D eigenvalue weighted by atomic mass is 32.2. The van der Waals surface area contributed by atoms with Crippen molar-refractivity contribution in [1.29, 1.82) is 0 Å². The van der Waals surface area contributed by atoms with E-state index in [9.17, 15) is 13.2 Å². The van der Waals surface area contributed by atoms with Gasteiger partial charge in [-0.05, 0) is 30.0 Å². The molecule has 0 spiro atoms. The fraction of sp³-hybridized carbons (Fsp3) is 0.500. The molecule has 0 saturated heterocycles. The van der Waals surface area contributed by atoms with Gasteiger partial charge in [-0.2, -0.15) is 0 Å². The van der Waals surface area contributed by atoms with E-state index in [2.05, 4.69) is 19.2 Å². The highest BCUT2D eigenvalue weighted by molar-refractivity contribution is 7.89. The predicted octanol–water partition coefficient (Wildman–Crippen LogP) is 1.43. The van der Waals surface area contributed by atoms with Crippen LogP contribution in [0.15, 0.2) is 29.2 Å². The fourth-order valence-electron chi connectivity index (χ4n) is 1.62. The van der Waals surface area contributed by atoms with Gasteiger partial charge in [0.2, 0.25) is 15.9 Å². The summed E-state index contributed by atoms with van der Waals surface area (Å²) < 4.78 is 22.2. The Balaban J connectivity index is 2.44. The Morgan fingerprint density at radius 1 is 1.30 bits per heavy atom. The van der Waals surface area contributed by atoms with Crippen molar-refractivity contribution < 1.29 is 13.2 Å². The molecule has 1 atom stereocenters. The SMILES string of the molecule is CCC(C)CNC(=O)CCc1ccc(S(N)(=O)=O)cc1. The standard InChI is InChI=1S/C14H22N2O3S/c1-3-11(2)10-16-14(17)9-6-12-4-7-13(8-5-12)20(15,18)19/h4-5,7-8,11H,3,6,9-10H2,1-2H3,(H,16,17)(H2,15,18,19). The van der Waals surface area contributed by atoms with Crippen LogP contribution in [0.1, 0.15) is 32.3 Å². The number of primary sulfonamides is 1. The van der Waals surface area contributed by atoms with Crippen LogP contribution in [0, 0.1) is 5.92 Å². The number of aryl methyl sites for hydroxylation is 1. The zero-order valence-corrected chi connectivity index (χ0v) is 12.7. The average molecular weight is 298 g/mol. The molecule has 0 heterocycles. The minimum Gasteiger partial charge on any atom is -0.356 e. The molecule has 20 heavy (non-hydrogen) atoms. The molecule has 0 bridgehead atoms. The minimum atomic E-state index is -3.65. The van der Waals surface area contributed by atoms with Gasteiger partial charge in [-0.3, -0.25) is 4.79 Å². The van der Waals surface area contributed by atoms with E-state index in [1.165, 1.54) is 12.1 Å². The highest BCUT2D eigenvalue weighted by Gasteiger charge is 2.08. The van der Waals surface area contributed by atoms with Crippen LogP contribution in [0.25, 0.3) is 0 Å². The van der Waals surface area contributed by atoms with E-state index in [0.717, 1.165) is 12.0 Å². The Hall–Kier alpha value is -1.40. The average Bonchev–Trinajstić information content (AvgIpc) is 2.41. The lowest BCUT2D eigenvalue weighted by Crippen LogP contribution is -2.28. The number of benzene rings is 1. The fourth-order valence-corrected chi connectivity index (χ4v) is 2.14. The van der Waals surface area contributed by atoms with Crippen molar-refractivity contribution in [1.82, 2.24) is 5.32 Å². The Morgan fingerprint density at radius 3 is 2.40 bits per heavy atom. The lowest BCUT2D eigenvalue weighted by Gasteiger charge is -2.10. The Labute approximate surface area is 120 Å². The summed E-state index contributed by atoms with van der Waals surface area (Å²) >= 11 is 0. The smallest absolute Gasteiger partial charge is 0.238 e. The summed E-state index contributed by atoms with van der Waals surface area (Å²) in [5.41, 5.74) is 0.913. The van der Waals surface area contributed by atoms with Gasteiger partial charge in [-0.1, -0.05) is 32.4 Å². The first-order valence-electron chi connectivity index (χ1n) is 6.71. The molecule has 112 valence electrons. The lowest BCUT2D eigenvalue weighted by atomic mass is 10.1. The van der Waals surface area contributed by atoms with Gasteiger partial charge in [0.25, 0.3) is 0 Å². The topological polar surface area (TPSA) is 89.3 Å². The molecule has 0 saturated carbocycles. The maximum absolute atomic E-state index is 11.6. The summed E-state index contributed by atoms with van der Waals surface area (Å²) in [6, 6.07) is 6.28. The first-order valence-corrected chi connectivity index (χ1v) is 8.26. The molecule has 0 aromatic heterocycles. The number of nitrogens with one attached hydrogen (secondary N) is 1. The minimum absolute atomic E-state index is 0.0147. The number of rotatable bonds is 7. The molecular weight excluding hydrogens is 276 g/mol. The monoisotopic (exact) mass is 298 g/mol. The molecule has 6 heteroatoms. The maximum Gasteiger partial charge on any atom is 0.238 e. The predicted molar refractivity (Wildman–Crippen MR) is 78.6 cm³/mol. The third-order valence-electron chi connectivity index (χ3n) is 3.24. The number of amides is 1. The van der Waals surface area contributed by atoms with Gasteiger partial charge >= 0.3 is 0 Å². The molecule has 1 aromatic rings. The van der Waals surface area contributed by atoms with E-state index in [4.69, 9.17) is 5.14 Å². The normalized spacial score (nSPS) is 12.9. The molecule has 1 aromatic carbocycles. The molecular formula is C14H22N2O3S. The van der Waals surface area contributed by atoms with Gasteiger partial charge in [0, 0.05) is 13.0 Å². The van der Waals surface area contributed by atoms with Crippen molar-refractivity contribution in [2.24, 2.45) is 11.1 Å². The second kappa shape index (κ2) is 7.40. The summed E-state index contributed by atoms with van der Waals surface area (Å²) in [5.74, 6) is 0.494. The van der Waals surface area contributed by atoms with Crippen LogP contribution in [0.3, 0.4) is 0 Å². The van der Waals surface area contributed by atoms with Crippen molar-refractivity contribution >= 4 is 15.9 Å². The van der Waals surface area contributed by atoms with Crippen molar-refractivity contribution in [3.8, 4) is 0 Å². The highest BCUT2D eigenvalue weighted by Crippen LogP contribution is 2.10. The molecule has 1 rings (SSSR count). The van der Waals surface area contributed by atoms with Crippen LogP contribution in [-0.2, 0) is 21.2 Å². The van der Waals surface area contributed by atoms with Gasteiger partial charge < -0.3 is 5.32 Å². The third kappa shape index (κ3) is 5.71. The van der Waals surface area contributed by atoms with Crippen molar-refractivity contribution in [3.63, 3.8) is 0 Å². The molecule has 3 N–H and O–H groups in total. The number of sulfonamides is 1. The zero-order chi connectivity index (χ0) is 15.2. The van der Waals surface area contributed by atoms with Gasteiger partial charge in [0.1, 0.15) is 0 Å². The van der Waals surface area contributed by atoms with Gasteiger partial charge in [-0.25, -0.2) is 13.6 Å². The Bertz CT molecular complexity index is 538. The van der Waals surface area contributed by atoms with Gasteiger partial charge in [-0.15, -0.1) is 0 Å². The number of carbonyl (C=O) groups is 1. The molecule has 5 nitrogen and oxygen atoms in total. The van der Waals surface area contributed by atoms with E-state index in [-0.39, 0.29) is 10.8 Å². The maximum atomic E-state index is 11.6. The van der Waals surface area contributed by atoms with Crippen molar-refractivity contribution in [2.45, 2.75) is 38.0 Å². The van der Waals surface area contributed by atoms with Crippen LogP contribution in [0.5, 0.6) is 0 Å². The molecule has 0 aliphatic heterocycles. The van der Waals surface area contributed by atoms with E-state index in [0.29, 0.717) is 25.3 Å². The second-order valence-corrected chi connectivity index (χ2v) is 6.57. The van der Waals surface area contributed by atoms with E-state index in [1.807, 2.05) is 0 Å². The zero-order valence-electron chi connectivity index (χ0n) is 11.9. The quantitative estimate of drug-likeness (QED) is 0.798. The third-order valence-corrected chi connectivity index (χ3v) is 4.17. The van der Waals surface area contributed by atoms with Crippen LogP contribution < -0.4 is 10.5 Å². The molecule has 0 fully saturated rings.